The Morgan fingerprint density at radius 1 is 1.47 bits per heavy atom. The van der Waals surface area contributed by atoms with E-state index in [-0.39, 0.29) is 5.91 Å². The SMILES string of the molecule is Cc1cccc(Cl)c1NC(=O)CSC1CCNCC1. The van der Waals surface area contributed by atoms with Crippen LogP contribution in [0, 0.1) is 6.92 Å². The minimum absolute atomic E-state index is 0.0275. The topological polar surface area (TPSA) is 41.1 Å². The summed E-state index contributed by atoms with van der Waals surface area (Å²) < 4.78 is 0. The number of nitrogens with one attached hydrogen (secondary N) is 2. The Labute approximate surface area is 123 Å². The van der Waals surface area contributed by atoms with Gasteiger partial charge in [-0.25, -0.2) is 0 Å². The van der Waals surface area contributed by atoms with Crippen molar-refractivity contribution in [2.24, 2.45) is 0 Å². The van der Waals surface area contributed by atoms with Gasteiger partial charge in [-0.05, 0) is 44.5 Å². The van der Waals surface area contributed by atoms with Gasteiger partial charge in [0.1, 0.15) is 0 Å². The van der Waals surface area contributed by atoms with Gasteiger partial charge in [-0.3, -0.25) is 4.79 Å². The maximum Gasteiger partial charge on any atom is 0.234 e. The molecule has 1 amide bonds. The number of halogens is 1. The van der Waals surface area contributed by atoms with E-state index in [1.54, 1.807) is 17.8 Å². The van der Waals surface area contributed by atoms with E-state index in [9.17, 15) is 4.79 Å². The Bertz CT molecular complexity index is 427. The first-order valence-corrected chi connectivity index (χ1v) is 7.97. The molecule has 0 radical (unpaired) electrons. The van der Waals surface area contributed by atoms with Crippen LogP contribution in [0.1, 0.15) is 18.4 Å². The normalized spacial score (nSPS) is 16.3. The summed E-state index contributed by atoms with van der Waals surface area (Å²) in [6.45, 7) is 4.06. The Balaban J connectivity index is 1.83. The van der Waals surface area contributed by atoms with Crippen LogP contribution in [0.15, 0.2) is 18.2 Å². The molecule has 3 nitrogen and oxygen atoms in total. The second-order valence-corrected chi connectivity index (χ2v) is 6.44. The van der Waals surface area contributed by atoms with E-state index >= 15 is 0 Å². The number of aryl methyl sites for hydroxylation is 1. The average Bonchev–Trinajstić information content (AvgIpc) is 2.42. The lowest BCUT2D eigenvalue weighted by molar-refractivity contribution is -0.113. The average molecular weight is 299 g/mol. The first kappa shape index (κ1) is 14.7. The molecule has 0 aliphatic carbocycles. The van der Waals surface area contributed by atoms with E-state index in [0.717, 1.165) is 37.2 Å². The van der Waals surface area contributed by atoms with Crippen molar-refractivity contribution in [3.63, 3.8) is 0 Å². The minimum atomic E-state index is 0.0275. The van der Waals surface area contributed by atoms with Gasteiger partial charge < -0.3 is 10.6 Å². The van der Waals surface area contributed by atoms with Crippen LogP contribution in [0.5, 0.6) is 0 Å². The van der Waals surface area contributed by atoms with Gasteiger partial charge in [0.25, 0.3) is 0 Å². The Kier molecular flexibility index (Phi) is 5.55. The predicted molar refractivity (Wildman–Crippen MR) is 83.2 cm³/mol. The molecule has 0 saturated carbocycles. The Hall–Kier alpha value is -0.710. The number of carbonyl (C=O) groups is 1. The number of anilines is 1. The fourth-order valence-electron chi connectivity index (χ4n) is 2.12. The van der Waals surface area contributed by atoms with Gasteiger partial charge in [0, 0.05) is 5.25 Å². The zero-order valence-corrected chi connectivity index (χ0v) is 12.6. The van der Waals surface area contributed by atoms with Crippen LogP contribution in [0.2, 0.25) is 5.02 Å². The summed E-state index contributed by atoms with van der Waals surface area (Å²) in [5, 5.41) is 7.43. The van der Waals surface area contributed by atoms with Crippen LogP contribution < -0.4 is 10.6 Å². The van der Waals surface area contributed by atoms with Gasteiger partial charge in [0.2, 0.25) is 5.91 Å². The highest BCUT2D eigenvalue weighted by Crippen LogP contribution is 2.26. The molecular formula is C14H19ClN2OS. The Morgan fingerprint density at radius 3 is 2.89 bits per heavy atom. The van der Waals surface area contributed by atoms with Crippen molar-refractivity contribution in [2.75, 3.05) is 24.2 Å². The zero-order valence-electron chi connectivity index (χ0n) is 11.0. The molecule has 1 aromatic rings. The lowest BCUT2D eigenvalue weighted by Crippen LogP contribution is -2.30. The lowest BCUT2D eigenvalue weighted by atomic mass is 10.2. The van der Waals surface area contributed by atoms with E-state index in [0.29, 0.717) is 16.0 Å². The summed E-state index contributed by atoms with van der Waals surface area (Å²) >= 11 is 7.83. The van der Waals surface area contributed by atoms with Crippen molar-refractivity contribution < 1.29 is 4.79 Å². The number of piperidine rings is 1. The fraction of sp³-hybridized carbons (Fsp3) is 0.500. The summed E-state index contributed by atoms with van der Waals surface area (Å²) in [5.74, 6) is 0.523. The van der Waals surface area contributed by atoms with Gasteiger partial charge in [-0.1, -0.05) is 23.7 Å². The molecule has 1 aliphatic rings. The third-order valence-corrected chi connectivity index (χ3v) is 4.91. The van der Waals surface area contributed by atoms with E-state index < -0.39 is 0 Å². The van der Waals surface area contributed by atoms with Gasteiger partial charge in [-0.15, -0.1) is 11.8 Å². The number of benzene rings is 1. The van der Waals surface area contributed by atoms with E-state index in [2.05, 4.69) is 10.6 Å². The highest BCUT2D eigenvalue weighted by molar-refractivity contribution is 8.00. The van der Waals surface area contributed by atoms with Gasteiger partial charge in [0.05, 0.1) is 16.5 Å². The Morgan fingerprint density at radius 2 is 2.21 bits per heavy atom. The predicted octanol–water partition coefficient (Wildman–Crippen LogP) is 3.07. The second kappa shape index (κ2) is 7.17. The standard InChI is InChI=1S/C14H19ClN2OS/c1-10-3-2-4-12(15)14(10)17-13(18)9-19-11-5-7-16-8-6-11/h2-4,11,16H,5-9H2,1H3,(H,17,18). The van der Waals surface area contributed by atoms with Gasteiger partial charge in [-0.2, -0.15) is 0 Å². The quantitative estimate of drug-likeness (QED) is 0.897. The van der Waals surface area contributed by atoms with Crippen molar-refractivity contribution in [2.45, 2.75) is 25.0 Å². The van der Waals surface area contributed by atoms with Crippen molar-refractivity contribution >= 4 is 35.0 Å². The van der Waals surface area contributed by atoms with Gasteiger partial charge >= 0.3 is 0 Å². The number of hydrogen-bond donors (Lipinski definition) is 2. The molecule has 0 atom stereocenters. The summed E-state index contributed by atoms with van der Waals surface area (Å²) in [6, 6.07) is 5.63. The van der Waals surface area contributed by atoms with E-state index in [4.69, 9.17) is 11.6 Å². The molecule has 104 valence electrons. The molecule has 2 rings (SSSR count). The molecular weight excluding hydrogens is 280 g/mol. The van der Waals surface area contributed by atoms with Gasteiger partial charge in [0.15, 0.2) is 0 Å². The zero-order chi connectivity index (χ0) is 13.7. The number of amides is 1. The van der Waals surface area contributed by atoms with Crippen LogP contribution in [0.25, 0.3) is 0 Å². The second-order valence-electron chi connectivity index (χ2n) is 4.74. The van der Waals surface area contributed by atoms with E-state index in [1.165, 1.54) is 0 Å². The highest BCUT2D eigenvalue weighted by Gasteiger charge is 2.15. The molecule has 1 saturated heterocycles. The number of para-hydroxylation sites is 1. The first-order chi connectivity index (χ1) is 9.16. The summed E-state index contributed by atoms with van der Waals surface area (Å²) in [6.07, 6.45) is 2.28. The summed E-state index contributed by atoms with van der Waals surface area (Å²) in [4.78, 5) is 12.0. The largest absolute Gasteiger partial charge is 0.324 e. The first-order valence-electron chi connectivity index (χ1n) is 6.54. The molecule has 0 spiro atoms. The maximum absolute atomic E-state index is 12.0. The van der Waals surface area contributed by atoms with Crippen molar-refractivity contribution in [3.8, 4) is 0 Å². The van der Waals surface area contributed by atoms with E-state index in [1.807, 2.05) is 19.1 Å². The third-order valence-electron chi connectivity index (χ3n) is 3.22. The molecule has 1 aliphatic heterocycles. The number of hydrogen-bond acceptors (Lipinski definition) is 3. The lowest BCUT2D eigenvalue weighted by Gasteiger charge is -2.21. The van der Waals surface area contributed by atoms with Crippen LogP contribution in [0.4, 0.5) is 5.69 Å². The smallest absolute Gasteiger partial charge is 0.234 e. The fourth-order valence-corrected chi connectivity index (χ4v) is 3.42. The highest BCUT2D eigenvalue weighted by atomic mass is 35.5. The molecule has 0 bridgehead atoms. The minimum Gasteiger partial charge on any atom is -0.324 e. The summed E-state index contributed by atoms with van der Waals surface area (Å²) in [5.41, 5.74) is 1.73. The molecule has 1 fully saturated rings. The molecule has 0 unspecified atom stereocenters. The summed E-state index contributed by atoms with van der Waals surface area (Å²) in [7, 11) is 0. The number of thioether (sulfide) groups is 1. The molecule has 1 heterocycles. The number of carbonyl (C=O) groups excluding carboxylic acids is 1. The van der Waals surface area contributed by atoms with Crippen molar-refractivity contribution in [1.29, 1.82) is 0 Å². The monoisotopic (exact) mass is 298 g/mol. The van der Waals surface area contributed by atoms with Crippen molar-refractivity contribution in [1.82, 2.24) is 5.32 Å². The van der Waals surface area contributed by atoms with Crippen LogP contribution in [-0.2, 0) is 4.79 Å². The molecule has 0 aromatic heterocycles. The van der Waals surface area contributed by atoms with Crippen LogP contribution >= 0.6 is 23.4 Å². The third kappa shape index (κ3) is 4.41. The molecule has 5 heteroatoms. The number of rotatable bonds is 4. The molecule has 19 heavy (non-hydrogen) atoms. The maximum atomic E-state index is 12.0. The van der Waals surface area contributed by atoms with Crippen molar-refractivity contribution in [3.05, 3.63) is 28.8 Å². The molecule has 1 aromatic carbocycles. The molecule has 2 N–H and O–H groups in total. The van der Waals surface area contributed by atoms with Crippen LogP contribution in [0.3, 0.4) is 0 Å². The van der Waals surface area contributed by atoms with Crippen LogP contribution in [-0.4, -0.2) is 30.0 Å².